The maximum Gasteiger partial charge on any atom is 0.243 e. The van der Waals surface area contributed by atoms with E-state index in [2.05, 4.69) is 10.3 Å². The zero-order chi connectivity index (χ0) is 23.7. The number of carbonyl (C=O) groups excluding carboxylic acids is 1. The Morgan fingerprint density at radius 2 is 1.62 bits per heavy atom. The molecule has 34 heavy (non-hydrogen) atoms. The summed E-state index contributed by atoms with van der Waals surface area (Å²) in [7, 11) is 0. The molecule has 0 bridgehead atoms. The highest BCUT2D eigenvalue weighted by Crippen LogP contribution is 2.40. The third-order valence-electron chi connectivity index (χ3n) is 7.44. The molecule has 2 aromatic carbocycles. The molecule has 1 N–H and O–H groups in total. The first-order valence-electron chi connectivity index (χ1n) is 12.4. The number of nitrogens with one attached hydrogen (secondary N) is 1. The summed E-state index contributed by atoms with van der Waals surface area (Å²) in [6.07, 6.45) is 10.5. The Balaban J connectivity index is 1.67. The minimum atomic E-state index is -0.955. The van der Waals surface area contributed by atoms with Crippen LogP contribution in [-0.4, -0.2) is 21.5 Å². The van der Waals surface area contributed by atoms with Gasteiger partial charge in [0, 0.05) is 23.7 Å². The topological polar surface area (TPSA) is 46.9 Å². The molecule has 0 spiro atoms. The lowest BCUT2D eigenvalue weighted by Crippen LogP contribution is -2.43. The lowest BCUT2D eigenvalue weighted by atomic mass is 9.82. The largest absolute Gasteiger partial charge is 0.352 e. The van der Waals surface area contributed by atoms with E-state index in [4.69, 9.17) is 11.6 Å². The van der Waals surface area contributed by atoms with Crippen LogP contribution in [0.25, 0.3) is 22.4 Å². The number of benzene rings is 2. The summed E-state index contributed by atoms with van der Waals surface area (Å²) in [5.41, 5.74) is 1.38. The van der Waals surface area contributed by atoms with E-state index in [-0.39, 0.29) is 17.9 Å². The molecule has 4 nitrogen and oxygen atoms in total. The number of imidazole rings is 1. The molecule has 2 saturated carbocycles. The van der Waals surface area contributed by atoms with Gasteiger partial charge in [-0.05, 0) is 43.7 Å². The summed E-state index contributed by atoms with van der Waals surface area (Å²) < 4.78 is 30.4. The standard InChI is InChI=1S/C27H30ClF2N3O/c28-20-14-8-7-13-19(20)26-32-23-15-21(29)22(30)16-24(23)33(26)25(17-9-3-1-4-10-17)27(34)31-18-11-5-2-6-12-18/h7-8,13-18,25H,1-6,9-12H2,(H,31,34)/t25-/m0/s1. The highest BCUT2D eigenvalue weighted by atomic mass is 35.5. The van der Waals surface area contributed by atoms with Crippen LogP contribution in [0.3, 0.4) is 0 Å². The summed E-state index contributed by atoms with van der Waals surface area (Å²) in [6.45, 7) is 0. The summed E-state index contributed by atoms with van der Waals surface area (Å²) in [6, 6.07) is 9.14. The maximum absolute atomic E-state index is 14.5. The third-order valence-corrected chi connectivity index (χ3v) is 7.77. The molecule has 1 atom stereocenters. The summed E-state index contributed by atoms with van der Waals surface area (Å²) in [4.78, 5) is 18.6. The van der Waals surface area contributed by atoms with Gasteiger partial charge >= 0.3 is 0 Å². The maximum atomic E-state index is 14.5. The normalized spacial score (nSPS) is 18.8. The molecular weight excluding hydrogens is 456 g/mol. The van der Waals surface area contributed by atoms with E-state index in [0.717, 1.165) is 63.9 Å². The second-order valence-corrected chi connectivity index (χ2v) is 10.1. The third kappa shape index (κ3) is 4.57. The molecule has 1 aromatic heterocycles. The highest BCUT2D eigenvalue weighted by molar-refractivity contribution is 6.33. The van der Waals surface area contributed by atoms with Gasteiger partial charge in [-0.3, -0.25) is 4.79 Å². The van der Waals surface area contributed by atoms with Gasteiger partial charge in [-0.15, -0.1) is 0 Å². The van der Waals surface area contributed by atoms with Crippen molar-refractivity contribution >= 4 is 28.5 Å². The highest BCUT2D eigenvalue weighted by Gasteiger charge is 2.36. The summed E-state index contributed by atoms with van der Waals surface area (Å²) in [5, 5.41) is 3.78. The number of hydrogen-bond acceptors (Lipinski definition) is 2. The lowest BCUT2D eigenvalue weighted by molar-refractivity contribution is -0.127. The fourth-order valence-corrected chi connectivity index (χ4v) is 5.95. The smallest absolute Gasteiger partial charge is 0.243 e. The number of nitrogens with zero attached hydrogens (tertiary/aromatic N) is 2. The average molecular weight is 486 g/mol. The van der Waals surface area contributed by atoms with Gasteiger partial charge in [-0.1, -0.05) is 62.3 Å². The Kier molecular flexibility index (Phi) is 6.87. The molecule has 2 aliphatic carbocycles. The molecule has 2 fully saturated rings. The Hall–Kier alpha value is -2.47. The fraction of sp³-hybridized carbons (Fsp3) is 0.481. The second kappa shape index (κ2) is 10.0. The van der Waals surface area contributed by atoms with E-state index in [1.165, 1.54) is 12.5 Å². The fourth-order valence-electron chi connectivity index (χ4n) is 5.73. The minimum absolute atomic E-state index is 0.0591. The van der Waals surface area contributed by atoms with Crippen LogP contribution in [0.1, 0.15) is 70.3 Å². The summed E-state index contributed by atoms with van der Waals surface area (Å²) >= 11 is 6.54. The van der Waals surface area contributed by atoms with Crippen molar-refractivity contribution in [1.29, 1.82) is 0 Å². The van der Waals surface area contributed by atoms with Gasteiger partial charge in [0.15, 0.2) is 11.6 Å². The number of aromatic nitrogens is 2. The quantitative estimate of drug-likeness (QED) is 0.415. The number of fused-ring (bicyclic) bond motifs is 1. The Labute approximate surface area is 203 Å². The van der Waals surface area contributed by atoms with E-state index < -0.39 is 17.7 Å². The molecule has 180 valence electrons. The molecule has 1 amide bonds. The zero-order valence-corrected chi connectivity index (χ0v) is 20.0. The van der Waals surface area contributed by atoms with Gasteiger partial charge in [-0.2, -0.15) is 0 Å². The molecule has 3 aromatic rings. The van der Waals surface area contributed by atoms with Crippen LogP contribution in [0.2, 0.25) is 5.02 Å². The summed E-state index contributed by atoms with van der Waals surface area (Å²) in [5.74, 6) is -1.40. The lowest BCUT2D eigenvalue weighted by Gasteiger charge is -2.34. The van der Waals surface area contributed by atoms with Gasteiger partial charge in [0.25, 0.3) is 0 Å². The molecule has 0 radical (unpaired) electrons. The first-order chi connectivity index (χ1) is 16.5. The van der Waals surface area contributed by atoms with Crippen molar-refractivity contribution in [2.24, 2.45) is 5.92 Å². The molecular formula is C27H30ClF2N3O. The molecule has 2 aliphatic rings. The van der Waals surface area contributed by atoms with Crippen molar-refractivity contribution in [2.45, 2.75) is 76.3 Å². The van der Waals surface area contributed by atoms with Crippen LogP contribution in [0.5, 0.6) is 0 Å². The van der Waals surface area contributed by atoms with E-state index >= 15 is 0 Å². The second-order valence-electron chi connectivity index (χ2n) is 9.73. The number of rotatable bonds is 5. The van der Waals surface area contributed by atoms with Crippen molar-refractivity contribution in [2.75, 3.05) is 0 Å². The van der Waals surface area contributed by atoms with Crippen molar-refractivity contribution in [3.8, 4) is 11.4 Å². The van der Waals surface area contributed by atoms with E-state index in [9.17, 15) is 13.6 Å². The average Bonchev–Trinajstić information content (AvgIpc) is 3.18. The van der Waals surface area contributed by atoms with E-state index in [1.54, 1.807) is 6.07 Å². The van der Waals surface area contributed by atoms with Gasteiger partial charge in [0.2, 0.25) is 5.91 Å². The van der Waals surface area contributed by atoms with Crippen LogP contribution in [0, 0.1) is 17.6 Å². The van der Waals surface area contributed by atoms with Gasteiger partial charge in [0.1, 0.15) is 11.9 Å². The molecule has 5 rings (SSSR count). The molecule has 0 saturated heterocycles. The van der Waals surface area contributed by atoms with Crippen molar-refractivity contribution in [1.82, 2.24) is 14.9 Å². The Morgan fingerprint density at radius 1 is 0.971 bits per heavy atom. The molecule has 7 heteroatoms. The first kappa shape index (κ1) is 23.3. The van der Waals surface area contributed by atoms with Gasteiger partial charge in [-0.25, -0.2) is 13.8 Å². The SMILES string of the molecule is O=C(NC1CCCCC1)[C@H](C1CCCCC1)n1c(-c2ccccc2Cl)nc2cc(F)c(F)cc21. The zero-order valence-electron chi connectivity index (χ0n) is 19.2. The van der Waals surface area contributed by atoms with Crippen LogP contribution in [0.15, 0.2) is 36.4 Å². The van der Waals surface area contributed by atoms with Gasteiger partial charge < -0.3 is 9.88 Å². The van der Waals surface area contributed by atoms with Crippen molar-refractivity contribution in [3.05, 3.63) is 53.1 Å². The van der Waals surface area contributed by atoms with Crippen molar-refractivity contribution < 1.29 is 13.6 Å². The van der Waals surface area contributed by atoms with Crippen LogP contribution in [0.4, 0.5) is 8.78 Å². The predicted octanol–water partition coefficient (Wildman–Crippen LogP) is 7.21. The van der Waals surface area contributed by atoms with Crippen LogP contribution < -0.4 is 5.32 Å². The number of amides is 1. The van der Waals surface area contributed by atoms with Crippen molar-refractivity contribution in [3.63, 3.8) is 0 Å². The van der Waals surface area contributed by atoms with Crippen LogP contribution >= 0.6 is 11.6 Å². The van der Waals surface area contributed by atoms with Crippen LogP contribution in [-0.2, 0) is 4.79 Å². The van der Waals surface area contributed by atoms with Gasteiger partial charge in [0.05, 0.1) is 16.1 Å². The predicted molar refractivity (Wildman–Crippen MR) is 131 cm³/mol. The molecule has 0 unspecified atom stereocenters. The molecule has 1 heterocycles. The number of carbonyl (C=O) groups is 1. The Morgan fingerprint density at radius 3 is 2.32 bits per heavy atom. The molecule has 0 aliphatic heterocycles. The number of hydrogen-bond donors (Lipinski definition) is 1. The Bertz CT molecular complexity index is 1180. The monoisotopic (exact) mass is 485 g/mol. The first-order valence-corrected chi connectivity index (χ1v) is 12.8. The van der Waals surface area contributed by atoms with E-state index in [1.807, 2.05) is 22.8 Å². The minimum Gasteiger partial charge on any atom is -0.352 e. The van der Waals surface area contributed by atoms with E-state index in [0.29, 0.717) is 27.4 Å². The number of halogens is 3.